The third-order valence-corrected chi connectivity index (χ3v) is 2.20. The van der Waals surface area contributed by atoms with Crippen molar-refractivity contribution in [3.63, 3.8) is 0 Å². The van der Waals surface area contributed by atoms with Crippen molar-refractivity contribution in [3.05, 3.63) is 34.6 Å². The monoisotopic (exact) mass is 216 g/mol. The van der Waals surface area contributed by atoms with E-state index in [-0.39, 0.29) is 5.56 Å². The van der Waals surface area contributed by atoms with Crippen molar-refractivity contribution < 1.29 is 18.0 Å². The summed E-state index contributed by atoms with van der Waals surface area (Å²) in [5.41, 5.74) is -0.469. The summed E-state index contributed by atoms with van der Waals surface area (Å²) in [4.78, 5) is 11.1. The van der Waals surface area contributed by atoms with Crippen LogP contribution >= 0.6 is 0 Å². The molecule has 4 heteroatoms. The Morgan fingerprint density at radius 3 is 2.40 bits per heavy atom. The summed E-state index contributed by atoms with van der Waals surface area (Å²) >= 11 is 0. The van der Waals surface area contributed by atoms with Gasteiger partial charge in [-0.2, -0.15) is 0 Å². The first-order chi connectivity index (χ1) is 6.97. The van der Waals surface area contributed by atoms with Crippen LogP contribution < -0.4 is 0 Å². The molecular formula is C11H11F3O. The number of rotatable bonds is 3. The molecule has 0 unspecified atom stereocenters. The maximum atomic E-state index is 13.3. The first-order valence-corrected chi connectivity index (χ1v) is 4.58. The van der Waals surface area contributed by atoms with Gasteiger partial charge in [0.2, 0.25) is 0 Å². The Bertz CT molecular complexity index is 386. The average molecular weight is 216 g/mol. The lowest BCUT2D eigenvalue weighted by molar-refractivity contribution is 0.0995. The first-order valence-electron chi connectivity index (χ1n) is 4.58. The van der Waals surface area contributed by atoms with Crippen molar-refractivity contribution in [2.24, 2.45) is 0 Å². The number of alkyl halides is 2. The van der Waals surface area contributed by atoms with Crippen LogP contribution in [0.3, 0.4) is 0 Å². The normalized spacial score (nSPS) is 10.8. The Balaban J connectivity index is 3.42. The highest BCUT2D eigenvalue weighted by Crippen LogP contribution is 2.27. The number of ketones is 1. The minimum Gasteiger partial charge on any atom is -0.294 e. The number of aryl methyl sites for hydroxylation is 1. The molecule has 1 aromatic rings. The van der Waals surface area contributed by atoms with E-state index in [2.05, 4.69) is 0 Å². The van der Waals surface area contributed by atoms with E-state index in [4.69, 9.17) is 0 Å². The van der Waals surface area contributed by atoms with Crippen LogP contribution in [-0.4, -0.2) is 5.78 Å². The van der Waals surface area contributed by atoms with Crippen LogP contribution in [-0.2, 0) is 6.42 Å². The van der Waals surface area contributed by atoms with E-state index in [1.165, 1.54) is 6.07 Å². The fraction of sp³-hybridized carbons (Fsp3) is 0.364. The molecule has 0 atom stereocenters. The lowest BCUT2D eigenvalue weighted by Crippen LogP contribution is -2.05. The van der Waals surface area contributed by atoms with Crippen LogP contribution in [0, 0.1) is 5.82 Å². The van der Waals surface area contributed by atoms with Gasteiger partial charge < -0.3 is 0 Å². The van der Waals surface area contributed by atoms with Crippen molar-refractivity contribution in [3.8, 4) is 0 Å². The van der Waals surface area contributed by atoms with Gasteiger partial charge in [0.1, 0.15) is 5.82 Å². The van der Waals surface area contributed by atoms with Crippen LogP contribution in [0.1, 0.15) is 41.8 Å². The van der Waals surface area contributed by atoms with Gasteiger partial charge >= 0.3 is 0 Å². The number of carbonyl (C=O) groups is 1. The lowest BCUT2D eigenvalue weighted by Gasteiger charge is -2.09. The van der Waals surface area contributed by atoms with Gasteiger partial charge in [0.05, 0.1) is 5.56 Å². The zero-order chi connectivity index (χ0) is 11.6. The van der Waals surface area contributed by atoms with E-state index in [0.717, 1.165) is 13.0 Å². The van der Waals surface area contributed by atoms with Crippen LogP contribution in [0.2, 0.25) is 0 Å². The number of hydrogen-bond acceptors (Lipinski definition) is 1. The highest BCUT2D eigenvalue weighted by molar-refractivity contribution is 5.95. The summed E-state index contributed by atoms with van der Waals surface area (Å²) in [5, 5.41) is 0. The molecule has 82 valence electrons. The molecule has 0 aliphatic carbocycles. The van der Waals surface area contributed by atoms with Crippen LogP contribution in [0.25, 0.3) is 0 Å². The van der Waals surface area contributed by atoms with E-state index in [0.29, 0.717) is 12.0 Å². The largest absolute Gasteiger partial charge is 0.294 e. The van der Waals surface area contributed by atoms with E-state index >= 15 is 0 Å². The predicted molar refractivity (Wildman–Crippen MR) is 50.7 cm³/mol. The molecule has 0 aliphatic heterocycles. The van der Waals surface area contributed by atoms with E-state index in [9.17, 15) is 18.0 Å². The van der Waals surface area contributed by atoms with Crippen molar-refractivity contribution in [2.75, 3.05) is 0 Å². The molecule has 0 heterocycles. The summed E-state index contributed by atoms with van der Waals surface area (Å²) < 4.78 is 38.3. The number of Topliss-reactive ketones (excluding diaryl/α,β-unsaturated/α-hetero) is 1. The molecule has 0 radical (unpaired) electrons. The third kappa shape index (κ3) is 2.37. The number of carbonyl (C=O) groups excluding carboxylic acids is 1. The van der Waals surface area contributed by atoms with Gasteiger partial charge in [-0.25, -0.2) is 13.2 Å². The minimum atomic E-state index is -2.96. The maximum Gasteiger partial charge on any atom is 0.267 e. The molecule has 15 heavy (non-hydrogen) atoms. The number of halogens is 3. The Morgan fingerprint density at radius 1 is 1.40 bits per heavy atom. The van der Waals surface area contributed by atoms with Crippen LogP contribution in [0.5, 0.6) is 0 Å². The second-order valence-corrected chi connectivity index (χ2v) is 3.25. The molecule has 0 aromatic heterocycles. The smallest absolute Gasteiger partial charge is 0.267 e. The second-order valence-electron chi connectivity index (χ2n) is 3.25. The Kier molecular flexibility index (Phi) is 3.50. The molecule has 0 spiro atoms. The van der Waals surface area contributed by atoms with Crippen molar-refractivity contribution in [1.29, 1.82) is 0 Å². The quantitative estimate of drug-likeness (QED) is 0.706. The molecule has 1 nitrogen and oxygen atoms in total. The van der Waals surface area contributed by atoms with Crippen molar-refractivity contribution in [1.82, 2.24) is 0 Å². The second kappa shape index (κ2) is 4.47. The van der Waals surface area contributed by atoms with Gasteiger partial charge in [0.15, 0.2) is 5.78 Å². The number of benzene rings is 1. The van der Waals surface area contributed by atoms with Gasteiger partial charge in [0, 0.05) is 5.56 Å². The molecule has 0 saturated carbocycles. The molecule has 1 aromatic carbocycles. The fourth-order valence-electron chi connectivity index (χ4n) is 1.39. The van der Waals surface area contributed by atoms with Crippen molar-refractivity contribution in [2.45, 2.75) is 26.7 Å². The Labute approximate surface area is 85.9 Å². The summed E-state index contributed by atoms with van der Waals surface area (Å²) in [6.07, 6.45) is -2.46. The molecule has 1 rings (SSSR count). The highest BCUT2D eigenvalue weighted by atomic mass is 19.3. The Morgan fingerprint density at radius 2 is 2.00 bits per heavy atom. The maximum absolute atomic E-state index is 13.3. The fourth-order valence-corrected chi connectivity index (χ4v) is 1.39. The van der Waals surface area contributed by atoms with Crippen molar-refractivity contribution >= 4 is 5.78 Å². The standard InChI is InChI=1S/C11H11F3O/c1-3-7-4-8(6(2)15)10(11(13)14)9(12)5-7/h4-5,11H,3H2,1-2H3. The third-order valence-electron chi connectivity index (χ3n) is 2.20. The average Bonchev–Trinajstić information content (AvgIpc) is 2.15. The zero-order valence-corrected chi connectivity index (χ0v) is 8.48. The highest BCUT2D eigenvalue weighted by Gasteiger charge is 2.21. The lowest BCUT2D eigenvalue weighted by atomic mass is 9.99. The summed E-state index contributed by atoms with van der Waals surface area (Å²) in [6.45, 7) is 2.92. The number of hydrogen-bond donors (Lipinski definition) is 0. The van der Waals surface area contributed by atoms with E-state index in [1.807, 2.05) is 0 Å². The van der Waals surface area contributed by atoms with E-state index in [1.54, 1.807) is 6.92 Å². The molecule has 0 bridgehead atoms. The van der Waals surface area contributed by atoms with Gasteiger partial charge in [-0.1, -0.05) is 6.92 Å². The minimum absolute atomic E-state index is 0.221. The van der Waals surface area contributed by atoms with E-state index < -0.39 is 23.6 Å². The predicted octanol–water partition coefficient (Wildman–Crippen LogP) is 3.53. The zero-order valence-electron chi connectivity index (χ0n) is 8.48. The summed E-state index contributed by atoms with van der Waals surface area (Å²) in [6, 6.07) is 2.38. The molecule has 0 fully saturated rings. The van der Waals surface area contributed by atoms with Crippen LogP contribution in [0.15, 0.2) is 12.1 Å². The SMILES string of the molecule is CCc1cc(F)c(C(F)F)c(C(C)=O)c1. The van der Waals surface area contributed by atoms with Gasteiger partial charge in [0.25, 0.3) is 6.43 Å². The molecule has 0 amide bonds. The van der Waals surface area contributed by atoms with Gasteiger partial charge in [-0.3, -0.25) is 4.79 Å². The topological polar surface area (TPSA) is 17.1 Å². The van der Waals surface area contributed by atoms with Gasteiger partial charge in [-0.05, 0) is 31.0 Å². The molecule has 0 aliphatic rings. The first kappa shape index (κ1) is 11.8. The van der Waals surface area contributed by atoms with Crippen LogP contribution in [0.4, 0.5) is 13.2 Å². The molecule has 0 saturated heterocycles. The summed E-state index contributed by atoms with van der Waals surface area (Å²) in [7, 11) is 0. The molecular weight excluding hydrogens is 205 g/mol. The Hall–Kier alpha value is -1.32. The molecule has 0 N–H and O–H groups in total. The van der Waals surface area contributed by atoms with Gasteiger partial charge in [-0.15, -0.1) is 0 Å². The summed E-state index contributed by atoms with van der Waals surface area (Å²) in [5.74, 6) is -1.55.